The summed E-state index contributed by atoms with van der Waals surface area (Å²) in [6.07, 6.45) is 0. The first-order valence-electron chi connectivity index (χ1n) is 7.24. The van der Waals surface area contributed by atoms with Crippen LogP contribution in [0.15, 0.2) is 33.7 Å². The summed E-state index contributed by atoms with van der Waals surface area (Å²) in [4.78, 5) is 17.8. The lowest BCUT2D eigenvalue weighted by atomic mass is 10.2. The average Bonchev–Trinajstić information content (AvgIpc) is 3.02. The Balaban J connectivity index is 1.59. The summed E-state index contributed by atoms with van der Waals surface area (Å²) in [5.74, 6) is 1.79. The van der Waals surface area contributed by atoms with Gasteiger partial charge in [-0.25, -0.2) is 0 Å². The van der Waals surface area contributed by atoms with E-state index in [2.05, 4.69) is 20.4 Å². The minimum Gasteiger partial charge on any atom is -0.338 e. The Hall–Kier alpha value is -1.97. The van der Waals surface area contributed by atoms with Gasteiger partial charge in [-0.1, -0.05) is 5.16 Å². The van der Waals surface area contributed by atoms with Gasteiger partial charge in [-0.05, 0) is 19.2 Å². The highest BCUT2D eigenvalue weighted by Gasteiger charge is 2.25. The minimum atomic E-state index is -0.409. The van der Waals surface area contributed by atoms with E-state index in [9.17, 15) is 10.1 Å². The zero-order valence-corrected chi connectivity index (χ0v) is 13.5. The highest BCUT2D eigenvalue weighted by molar-refractivity contribution is 7.98. The molecule has 0 amide bonds. The fourth-order valence-electron chi connectivity index (χ4n) is 2.37. The maximum absolute atomic E-state index is 10.6. The molecule has 3 rings (SSSR count). The highest BCUT2D eigenvalue weighted by atomic mass is 32.2. The van der Waals surface area contributed by atoms with Crippen LogP contribution in [0.2, 0.25) is 0 Å². The molecule has 1 fully saturated rings. The van der Waals surface area contributed by atoms with Crippen LogP contribution in [-0.4, -0.2) is 46.6 Å². The van der Waals surface area contributed by atoms with Crippen molar-refractivity contribution in [1.82, 2.24) is 20.4 Å². The number of benzene rings is 1. The summed E-state index contributed by atoms with van der Waals surface area (Å²) in [7, 11) is 2.05. The normalized spacial score (nSPS) is 18.9. The molecule has 1 atom stereocenters. The van der Waals surface area contributed by atoms with Gasteiger partial charge >= 0.3 is 0 Å². The third-order valence-electron chi connectivity index (χ3n) is 3.70. The molecule has 0 spiro atoms. The SMILES string of the molecule is CN1CCNCC1c1noc(CSc2ccc([N+](=O)[O-])cc2)n1. The van der Waals surface area contributed by atoms with Crippen LogP contribution >= 0.6 is 11.8 Å². The summed E-state index contributed by atoms with van der Waals surface area (Å²) >= 11 is 1.51. The minimum absolute atomic E-state index is 0.0854. The van der Waals surface area contributed by atoms with Crippen LogP contribution in [-0.2, 0) is 5.75 Å². The molecule has 1 aliphatic heterocycles. The molecule has 1 saturated heterocycles. The Kier molecular flexibility index (Phi) is 4.89. The second-order valence-electron chi connectivity index (χ2n) is 5.29. The van der Waals surface area contributed by atoms with Gasteiger partial charge in [-0.3, -0.25) is 15.0 Å². The van der Waals surface area contributed by atoms with Crippen molar-refractivity contribution in [2.24, 2.45) is 0 Å². The van der Waals surface area contributed by atoms with Crippen LogP contribution in [0.5, 0.6) is 0 Å². The predicted octanol–water partition coefficient (Wildman–Crippen LogP) is 1.85. The maximum atomic E-state index is 10.6. The van der Waals surface area contributed by atoms with E-state index in [1.807, 2.05) is 7.05 Å². The third-order valence-corrected chi connectivity index (χ3v) is 4.70. The highest BCUT2D eigenvalue weighted by Crippen LogP contribution is 2.25. The van der Waals surface area contributed by atoms with Crippen molar-refractivity contribution < 1.29 is 9.45 Å². The topological polar surface area (TPSA) is 97.3 Å². The van der Waals surface area contributed by atoms with Crippen molar-refractivity contribution in [3.8, 4) is 0 Å². The van der Waals surface area contributed by atoms with Gasteiger partial charge in [0.15, 0.2) is 5.82 Å². The first kappa shape index (κ1) is 15.9. The Morgan fingerprint density at radius 2 is 2.26 bits per heavy atom. The van der Waals surface area contributed by atoms with Gasteiger partial charge in [0.25, 0.3) is 5.69 Å². The number of nitro benzene ring substituents is 1. The molecule has 0 radical (unpaired) electrons. The lowest BCUT2D eigenvalue weighted by Crippen LogP contribution is -2.44. The number of rotatable bonds is 5. The molecule has 1 aliphatic rings. The van der Waals surface area contributed by atoms with Crippen molar-refractivity contribution >= 4 is 17.4 Å². The van der Waals surface area contributed by atoms with E-state index < -0.39 is 4.92 Å². The van der Waals surface area contributed by atoms with Crippen LogP contribution in [0, 0.1) is 10.1 Å². The zero-order chi connectivity index (χ0) is 16.2. The van der Waals surface area contributed by atoms with Gasteiger partial charge < -0.3 is 9.84 Å². The van der Waals surface area contributed by atoms with Gasteiger partial charge in [-0.2, -0.15) is 4.98 Å². The number of hydrogen-bond acceptors (Lipinski definition) is 8. The predicted molar refractivity (Wildman–Crippen MR) is 85.2 cm³/mol. The summed E-state index contributed by atoms with van der Waals surface area (Å²) < 4.78 is 5.31. The molecule has 0 aliphatic carbocycles. The number of nitrogens with zero attached hydrogens (tertiary/aromatic N) is 4. The van der Waals surface area contributed by atoms with Crippen LogP contribution in [0.1, 0.15) is 17.8 Å². The number of hydrogen-bond donors (Lipinski definition) is 1. The average molecular weight is 335 g/mol. The Morgan fingerprint density at radius 3 is 2.96 bits per heavy atom. The van der Waals surface area contributed by atoms with Crippen LogP contribution < -0.4 is 5.32 Å². The van der Waals surface area contributed by atoms with E-state index in [0.717, 1.165) is 24.5 Å². The number of likely N-dealkylation sites (N-methyl/N-ethyl adjacent to an activating group) is 1. The monoisotopic (exact) mass is 335 g/mol. The fraction of sp³-hybridized carbons (Fsp3) is 0.429. The molecule has 2 aromatic rings. The maximum Gasteiger partial charge on any atom is 0.269 e. The molecule has 1 aromatic heterocycles. The third kappa shape index (κ3) is 3.87. The molecule has 0 saturated carbocycles. The van der Waals surface area contributed by atoms with Gasteiger partial charge in [-0.15, -0.1) is 11.8 Å². The molecular weight excluding hydrogens is 318 g/mol. The standard InChI is InChI=1S/C14H17N5O3S/c1-18-7-6-15-8-12(18)14-16-13(22-17-14)9-23-11-4-2-10(3-5-11)19(20)21/h2-5,12,15H,6-9H2,1H3. The molecule has 122 valence electrons. The van der Waals surface area contributed by atoms with Crippen molar-refractivity contribution in [3.63, 3.8) is 0 Å². The fourth-order valence-corrected chi connectivity index (χ4v) is 3.10. The number of nitrogens with one attached hydrogen (secondary N) is 1. The van der Waals surface area contributed by atoms with Crippen LogP contribution in [0.4, 0.5) is 5.69 Å². The Labute approximate surface area is 137 Å². The van der Waals surface area contributed by atoms with Crippen molar-refractivity contribution in [1.29, 1.82) is 0 Å². The lowest BCUT2D eigenvalue weighted by Gasteiger charge is -2.30. The number of thioether (sulfide) groups is 1. The molecule has 8 nitrogen and oxygen atoms in total. The van der Waals surface area contributed by atoms with E-state index in [1.54, 1.807) is 12.1 Å². The smallest absolute Gasteiger partial charge is 0.269 e. The molecule has 23 heavy (non-hydrogen) atoms. The van der Waals surface area contributed by atoms with Gasteiger partial charge in [0.05, 0.1) is 16.7 Å². The van der Waals surface area contributed by atoms with Crippen molar-refractivity contribution in [2.75, 3.05) is 26.7 Å². The number of non-ortho nitro benzene ring substituents is 1. The van der Waals surface area contributed by atoms with Crippen LogP contribution in [0.25, 0.3) is 0 Å². The number of piperazine rings is 1. The lowest BCUT2D eigenvalue weighted by molar-refractivity contribution is -0.384. The molecule has 1 unspecified atom stereocenters. The second kappa shape index (κ2) is 7.07. The summed E-state index contributed by atoms with van der Waals surface area (Å²) in [5.41, 5.74) is 0.0854. The number of nitro groups is 1. The summed E-state index contributed by atoms with van der Waals surface area (Å²) in [6, 6.07) is 6.55. The second-order valence-corrected chi connectivity index (χ2v) is 6.34. The van der Waals surface area contributed by atoms with Crippen molar-refractivity contribution in [2.45, 2.75) is 16.7 Å². The molecule has 9 heteroatoms. The largest absolute Gasteiger partial charge is 0.338 e. The summed E-state index contributed by atoms with van der Waals surface area (Å²) in [6.45, 7) is 2.73. The molecule has 1 aromatic carbocycles. The molecule has 2 heterocycles. The van der Waals surface area contributed by atoms with Gasteiger partial charge in [0.2, 0.25) is 5.89 Å². The van der Waals surface area contributed by atoms with E-state index in [0.29, 0.717) is 17.5 Å². The molecular formula is C14H17N5O3S. The first-order valence-corrected chi connectivity index (χ1v) is 8.23. The van der Waals surface area contributed by atoms with Crippen molar-refractivity contribution in [3.05, 3.63) is 46.1 Å². The van der Waals surface area contributed by atoms with Gasteiger partial charge in [0, 0.05) is 36.7 Å². The van der Waals surface area contributed by atoms with E-state index >= 15 is 0 Å². The zero-order valence-electron chi connectivity index (χ0n) is 12.6. The van der Waals surface area contributed by atoms with Crippen LogP contribution in [0.3, 0.4) is 0 Å². The van der Waals surface area contributed by atoms with E-state index in [1.165, 1.54) is 23.9 Å². The van der Waals surface area contributed by atoms with Gasteiger partial charge in [0.1, 0.15) is 0 Å². The Morgan fingerprint density at radius 1 is 1.48 bits per heavy atom. The molecule has 1 N–H and O–H groups in total. The Bertz CT molecular complexity index is 675. The quantitative estimate of drug-likeness (QED) is 0.502. The van der Waals surface area contributed by atoms with E-state index in [4.69, 9.17) is 4.52 Å². The molecule has 0 bridgehead atoms. The summed E-state index contributed by atoms with van der Waals surface area (Å²) in [5, 5.41) is 18.0. The van der Waals surface area contributed by atoms with E-state index in [-0.39, 0.29) is 11.7 Å². The number of aromatic nitrogens is 2. The first-order chi connectivity index (χ1) is 11.1.